The third kappa shape index (κ3) is 5.66. The van der Waals surface area contributed by atoms with Gasteiger partial charge in [0.1, 0.15) is 17.4 Å². The third-order valence-electron chi connectivity index (χ3n) is 7.19. The van der Waals surface area contributed by atoms with Gasteiger partial charge in [-0.3, -0.25) is 4.79 Å². The van der Waals surface area contributed by atoms with E-state index in [2.05, 4.69) is 36.1 Å². The van der Waals surface area contributed by atoms with Gasteiger partial charge >= 0.3 is 0 Å². The van der Waals surface area contributed by atoms with E-state index in [1.165, 1.54) is 5.56 Å². The molecule has 5 aromatic rings. The molecule has 1 aliphatic rings. The summed E-state index contributed by atoms with van der Waals surface area (Å²) in [6.07, 6.45) is 3.32. The summed E-state index contributed by atoms with van der Waals surface area (Å²) >= 11 is 0. The highest BCUT2D eigenvalue weighted by atomic mass is 16.5. The van der Waals surface area contributed by atoms with Gasteiger partial charge in [0.25, 0.3) is 5.91 Å². The summed E-state index contributed by atoms with van der Waals surface area (Å²) in [4.78, 5) is 27.2. The minimum Gasteiger partial charge on any atom is -0.484 e. The highest BCUT2D eigenvalue weighted by Gasteiger charge is 2.24. The number of hydrogen-bond donors (Lipinski definition) is 0. The Hall–Kier alpha value is -4.72. The molecule has 0 N–H and O–H groups in total. The van der Waals surface area contributed by atoms with Gasteiger partial charge in [0.05, 0.1) is 17.3 Å². The fraction of sp³-hybridized carbons (Fsp3) is 0.250. The summed E-state index contributed by atoms with van der Waals surface area (Å²) in [6, 6.07) is 28.0. The van der Waals surface area contributed by atoms with Crippen molar-refractivity contribution in [1.29, 1.82) is 0 Å². The smallest absolute Gasteiger partial charge is 0.260 e. The Morgan fingerprint density at radius 3 is 2.38 bits per heavy atom. The lowest BCUT2D eigenvalue weighted by Gasteiger charge is -2.24. The van der Waals surface area contributed by atoms with Gasteiger partial charge < -0.3 is 14.5 Å². The maximum atomic E-state index is 13.0. The summed E-state index contributed by atoms with van der Waals surface area (Å²) < 4.78 is 7.60. The van der Waals surface area contributed by atoms with Crippen LogP contribution in [-0.4, -0.2) is 63.3 Å². The van der Waals surface area contributed by atoms with E-state index in [9.17, 15) is 4.79 Å². The van der Waals surface area contributed by atoms with Crippen molar-refractivity contribution in [2.24, 2.45) is 0 Å². The Balaban J connectivity index is 1.27. The summed E-state index contributed by atoms with van der Waals surface area (Å²) in [6.45, 7) is 4.86. The normalized spacial score (nSPS) is 13.8. The van der Waals surface area contributed by atoms with Crippen LogP contribution in [0.1, 0.15) is 23.4 Å². The zero-order chi connectivity index (χ0) is 27.3. The Labute approximate surface area is 233 Å². The molecule has 2 aromatic heterocycles. The molecule has 3 aromatic carbocycles. The minimum atomic E-state index is -0.00417. The van der Waals surface area contributed by atoms with Crippen molar-refractivity contribution in [2.75, 3.05) is 37.7 Å². The fourth-order valence-electron chi connectivity index (χ4n) is 5.04. The van der Waals surface area contributed by atoms with E-state index in [1.807, 2.05) is 76.4 Å². The van der Waals surface area contributed by atoms with E-state index >= 15 is 0 Å². The van der Waals surface area contributed by atoms with Gasteiger partial charge in [0.15, 0.2) is 12.3 Å². The first kappa shape index (κ1) is 25.6. The maximum Gasteiger partial charge on any atom is 0.260 e. The van der Waals surface area contributed by atoms with Crippen molar-refractivity contribution in [3.8, 4) is 11.4 Å². The quantitative estimate of drug-likeness (QED) is 0.299. The predicted octanol–water partition coefficient (Wildman–Crippen LogP) is 4.83. The number of anilines is 1. The first-order valence-electron chi connectivity index (χ1n) is 13.7. The molecular formula is C32H32N6O2. The van der Waals surface area contributed by atoms with Crippen molar-refractivity contribution >= 4 is 22.8 Å². The summed E-state index contributed by atoms with van der Waals surface area (Å²) in [5.41, 5.74) is 4.12. The number of aromatic nitrogens is 4. The Morgan fingerprint density at radius 2 is 1.60 bits per heavy atom. The SMILES string of the molecule is Cc1ccc(Cc2nc(N3CCCN(C(=O)COc4ccccc4)CC3)c3cnn(-c4ccccc4)c3n2)cc1. The van der Waals surface area contributed by atoms with Crippen LogP contribution in [0.3, 0.4) is 0 Å². The molecule has 0 spiro atoms. The van der Waals surface area contributed by atoms with Crippen LogP contribution >= 0.6 is 0 Å². The lowest BCUT2D eigenvalue weighted by Crippen LogP contribution is -2.38. The van der Waals surface area contributed by atoms with E-state index in [1.54, 1.807) is 0 Å². The highest BCUT2D eigenvalue weighted by molar-refractivity contribution is 5.88. The molecule has 0 atom stereocenters. The average molecular weight is 533 g/mol. The van der Waals surface area contributed by atoms with Gasteiger partial charge in [-0.2, -0.15) is 5.10 Å². The largest absolute Gasteiger partial charge is 0.484 e. The molecule has 0 bridgehead atoms. The molecule has 6 rings (SSSR count). The van der Waals surface area contributed by atoms with Crippen LogP contribution in [-0.2, 0) is 11.2 Å². The third-order valence-corrected chi connectivity index (χ3v) is 7.19. The Bertz CT molecular complexity index is 1590. The Kier molecular flexibility index (Phi) is 7.39. The van der Waals surface area contributed by atoms with E-state index < -0.39 is 0 Å². The van der Waals surface area contributed by atoms with Crippen LogP contribution in [0.4, 0.5) is 5.82 Å². The number of fused-ring (bicyclic) bond motifs is 1. The molecule has 0 unspecified atom stereocenters. The molecule has 0 aliphatic carbocycles. The van der Waals surface area contributed by atoms with Gasteiger partial charge in [-0.05, 0) is 43.2 Å². The molecule has 202 valence electrons. The zero-order valence-corrected chi connectivity index (χ0v) is 22.6. The van der Waals surface area contributed by atoms with Crippen molar-refractivity contribution in [2.45, 2.75) is 19.8 Å². The van der Waals surface area contributed by atoms with Crippen LogP contribution in [0.15, 0.2) is 91.1 Å². The number of ether oxygens (including phenoxy) is 1. The molecule has 3 heterocycles. The molecule has 1 fully saturated rings. The number of benzene rings is 3. The number of carbonyl (C=O) groups excluding carboxylic acids is 1. The van der Waals surface area contributed by atoms with Crippen LogP contribution in [0.2, 0.25) is 0 Å². The van der Waals surface area contributed by atoms with Gasteiger partial charge in [0.2, 0.25) is 0 Å². The lowest BCUT2D eigenvalue weighted by atomic mass is 10.1. The Morgan fingerprint density at radius 1 is 0.850 bits per heavy atom. The van der Waals surface area contributed by atoms with Crippen LogP contribution < -0.4 is 9.64 Å². The second kappa shape index (κ2) is 11.6. The van der Waals surface area contributed by atoms with E-state index in [-0.39, 0.29) is 12.5 Å². The van der Waals surface area contributed by atoms with E-state index in [4.69, 9.17) is 19.8 Å². The van der Waals surface area contributed by atoms with Crippen molar-refractivity contribution in [3.05, 3.63) is 108 Å². The van der Waals surface area contributed by atoms with Crippen LogP contribution in [0.25, 0.3) is 16.7 Å². The maximum absolute atomic E-state index is 13.0. The zero-order valence-electron chi connectivity index (χ0n) is 22.6. The van der Waals surface area contributed by atoms with Crippen molar-refractivity contribution < 1.29 is 9.53 Å². The molecule has 0 saturated carbocycles. The summed E-state index contributed by atoms with van der Waals surface area (Å²) in [5.74, 6) is 2.31. The van der Waals surface area contributed by atoms with Gasteiger partial charge in [-0.15, -0.1) is 0 Å². The number of rotatable bonds is 7. The standard InChI is InChI=1S/C32H32N6O2/c1-24-13-15-25(16-14-24)21-29-34-31(28-22-33-38(32(28)35-29)26-9-4-2-5-10-26)37-18-8-17-36(19-20-37)30(39)23-40-27-11-6-3-7-12-27/h2-7,9-16,22H,8,17-21,23H2,1H3. The first-order chi connectivity index (χ1) is 19.6. The number of carbonyl (C=O) groups is 1. The second-order valence-electron chi connectivity index (χ2n) is 10.1. The molecule has 0 radical (unpaired) electrons. The predicted molar refractivity (Wildman–Crippen MR) is 156 cm³/mol. The average Bonchev–Trinajstić information content (AvgIpc) is 3.26. The van der Waals surface area contributed by atoms with Crippen molar-refractivity contribution in [3.63, 3.8) is 0 Å². The molecule has 1 amide bonds. The molecule has 1 saturated heterocycles. The minimum absolute atomic E-state index is 0.00417. The monoisotopic (exact) mass is 532 g/mol. The van der Waals surface area contributed by atoms with Gasteiger partial charge in [0, 0.05) is 32.6 Å². The first-order valence-corrected chi connectivity index (χ1v) is 13.7. The van der Waals surface area contributed by atoms with Crippen molar-refractivity contribution in [1.82, 2.24) is 24.6 Å². The fourth-order valence-corrected chi connectivity index (χ4v) is 5.04. The summed E-state index contributed by atoms with van der Waals surface area (Å²) in [7, 11) is 0. The second-order valence-corrected chi connectivity index (χ2v) is 10.1. The number of amides is 1. The molecule has 40 heavy (non-hydrogen) atoms. The molecule has 8 heteroatoms. The van der Waals surface area contributed by atoms with Gasteiger partial charge in [-0.25, -0.2) is 14.6 Å². The van der Waals surface area contributed by atoms with E-state index in [0.29, 0.717) is 31.8 Å². The lowest BCUT2D eigenvalue weighted by molar-refractivity contribution is -0.133. The van der Waals surface area contributed by atoms with Crippen LogP contribution in [0, 0.1) is 6.92 Å². The van der Waals surface area contributed by atoms with E-state index in [0.717, 1.165) is 46.9 Å². The highest BCUT2D eigenvalue weighted by Crippen LogP contribution is 2.27. The molecular weight excluding hydrogens is 500 g/mol. The topological polar surface area (TPSA) is 76.4 Å². The van der Waals surface area contributed by atoms with Gasteiger partial charge in [-0.1, -0.05) is 66.2 Å². The molecule has 8 nitrogen and oxygen atoms in total. The number of aryl methyl sites for hydroxylation is 1. The number of nitrogens with zero attached hydrogens (tertiary/aromatic N) is 6. The molecule has 1 aliphatic heterocycles. The number of hydrogen-bond acceptors (Lipinski definition) is 6. The van der Waals surface area contributed by atoms with Crippen LogP contribution in [0.5, 0.6) is 5.75 Å². The number of para-hydroxylation sites is 2. The summed E-state index contributed by atoms with van der Waals surface area (Å²) in [5, 5.41) is 5.61.